The second-order valence-electron chi connectivity index (χ2n) is 8.29. The van der Waals surface area contributed by atoms with Crippen LogP contribution in [0.1, 0.15) is 45.4 Å². The lowest BCUT2D eigenvalue weighted by Crippen LogP contribution is -2.50. The highest BCUT2D eigenvalue weighted by molar-refractivity contribution is 5.73. The fourth-order valence-corrected chi connectivity index (χ4v) is 3.70. The van der Waals surface area contributed by atoms with E-state index in [1.165, 1.54) is 44.6 Å². The van der Waals surface area contributed by atoms with Gasteiger partial charge in [-0.3, -0.25) is 4.90 Å². The molecule has 1 aromatic rings. The zero-order chi connectivity index (χ0) is 20.9. The molecule has 2 heterocycles. The van der Waals surface area contributed by atoms with E-state index in [0.29, 0.717) is 17.4 Å². The molecule has 28 heavy (non-hydrogen) atoms. The van der Waals surface area contributed by atoms with Gasteiger partial charge >= 0.3 is 12.1 Å². The monoisotopic (exact) mass is 405 g/mol. The molecule has 0 amide bonds. The molecule has 1 N–H and O–H groups in total. The minimum absolute atomic E-state index is 0.536. The van der Waals surface area contributed by atoms with Crippen molar-refractivity contribution in [3.8, 4) is 0 Å². The lowest BCUT2D eigenvalue weighted by molar-refractivity contribution is -0.192. The number of nitrogens with zero attached hydrogens (tertiary/aromatic N) is 3. The molecule has 1 spiro atoms. The zero-order valence-corrected chi connectivity index (χ0v) is 16.7. The second kappa shape index (κ2) is 9.26. The maximum atomic E-state index is 10.6. The molecule has 0 unspecified atom stereocenters. The van der Waals surface area contributed by atoms with Gasteiger partial charge in [0.05, 0.1) is 12.6 Å². The predicted molar refractivity (Wildman–Crippen MR) is 97.7 cm³/mol. The van der Waals surface area contributed by atoms with E-state index in [1.54, 1.807) is 0 Å². The quantitative estimate of drug-likeness (QED) is 0.813. The molecule has 1 aliphatic heterocycles. The van der Waals surface area contributed by atoms with Crippen molar-refractivity contribution in [2.75, 3.05) is 19.7 Å². The second-order valence-corrected chi connectivity index (χ2v) is 8.29. The van der Waals surface area contributed by atoms with Crippen LogP contribution in [-0.2, 0) is 23.1 Å². The van der Waals surface area contributed by atoms with E-state index in [-0.39, 0.29) is 0 Å². The van der Waals surface area contributed by atoms with Crippen molar-refractivity contribution >= 4 is 5.97 Å². The van der Waals surface area contributed by atoms with Crippen molar-refractivity contribution in [1.82, 2.24) is 14.5 Å². The Bertz CT molecular complexity index is 630. The molecular formula is C19H30F3N3O3. The van der Waals surface area contributed by atoms with E-state index in [4.69, 9.17) is 14.6 Å². The number of likely N-dealkylation sites (tertiary alicyclic amines) is 1. The molecule has 0 aromatic carbocycles. The number of hydrogen-bond acceptors (Lipinski definition) is 4. The number of aryl methyl sites for hydroxylation is 1. The van der Waals surface area contributed by atoms with Gasteiger partial charge in [0.25, 0.3) is 0 Å². The number of alkyl halides is 3. The molecule has 9 heteroatoms. The summed E-state index contributed by atoms with van der Waals surface area (Å²) >= 11 is 0. The van der Waals surface area contributed by atoms with Gasteiger partial charge in [0.15, 0.2) is 0 Å². The number of aliphatic carboxylic acids is 1. The van der Waals surface area contributed by atoms with E-state index >= 15 is 0 Å². The number of ether oxygens (including phenoxy) is 1. The number of halogens is 3. The molecule has 1 saturated heterocycles. The number of carboxylic acids is 1. The van der Waals surface area contributed by atoms with Crippen molar-refractivity contribution in [3.05, 3.63) is 18.2 Å². The van der Waals surface area contributed by atoms with E-state index in [1.807, 2.05) is 12.4 Å². The first-order chi connectivity index (χ1) is 13.0. The van der Waals surface area contributed by atoms with E-state index in [2.05, 4.69) is 35.3 Å². The number of carboxylic acid groups (broad SMARTS) is 1. The number of aromatic nitrogens is 2. The van der Waals surface area contributed by atoms with Crippen LogP contribution >= 0.6 is 0 Å². The topological polar surface area (TPSA) is 67.6 Å². The normalized spacial score (nSPS) is 20.0. The van der Waals surface area contributed by atoms with Gasteiger partial charge in [-0.15, -0.1) is 0 Å². The standard InChI is InChI=1S/C17H29N3O.C2HF3O2/c1-14(2)13-21-15-10-17(11-15)4-7-20(8-5-17)12-16-18-6-9-19(16)3;3-2(4,5)1(6)7/h6,9,14-15H,4-5,7-8,10-13H2,1-3H3;(H,6,7). The summed E-state index contributed by atoms with van der Waals surface area (Å²) in [5.74, 6) is -0.925. The Morgan fingerprint density at radius 3 is 2.36 bits per heavy atom. The lowest BCUT2D eigenvalue weighted by Gasteiger charge is -2.52. The van der Waals surface area contributed by atoms with Crippen molar-refractivity contribution in [3.63, 3.8) is 0 Å². The van der Waals surface area contributed by atoms with Crippen LogP contribution in [0.15, 0.2) is 12.4 Å². The largest absolute Gasteiger partial charge is 0.490 e. The van der Waals surface area contributed by atoms with Crippen LogP contribution in [0.25, 0.3) is 0 Å². The molecular weight excluding hydrogens is 375 g/mol. The third-order valence-corrected chi connectivity index (χ3v) is 5.43. The van der Waals surface area contributed by atoms with Crippen LogP contribution in [0.3, 0.4) is 0 Å². The number of hydrogen-bond donors (Lipinski definition) is 1. The smallest absolute Gasteiger partial charge is 0.475 e. The molecule has 160 valence electrons. The number of rotatable bonds is 5. The summed E-state index contributed by atoms with van der Waals surface area (Å²) in [6, 6.07) is 0. The maximum Gasteiger partial charge on any atom is 0.490 e. The summed E-state index contributed by atoms with van der Waals surface area (Å²) in [6.45, 7) is 8.79. The average Bonchev–Trinajstić information content (AvgIpc) is 2.97. The molecule has 3 rings (SSSR count). The summed E-state index contributed by atoms with van der Waals surface area (Å²) in [5.41, 5.74) is 0.597. The molecule has 0 atom stereocenters. The highest BCUT2D eigenvalue weighted by atomic mass is 19.4. The highest BCUT2D eigenvalue weighted by Crippen LogP contribution is 2.50. The summed E-state index contributed by atoms with van der Waals surface area (Å²) in [7, 11) is 2.08. The van der Waals surface area contributed by atoms with Gasteiger partial charge in [-0.25, -0.2) is 9.78 Å². The van der Waals surface area contributed by atoms with Crippen molar-refractivity contribution in [2.24, 2.45) is 18.4 Å². The SMILES string of the molecule is CC(C)COC1CC2(CCN(Cc3nccn3C)CC2)C1.O=C(O)C(F)(F)F. The Morgan fingerprint density at radius 1 is 1.36 bits per heavy atom. The number of carbonyl (C=O) groups is 1. The Hall–Kier alpha value is -1.61. The lowest BCUT2D eigenvalue weighted by atomic mass is 9.61. The van der Waals surface area contributed by atoms with Crippen molar-refractivity contribution < 1.29 is 27.8 Å². The fraction of sp³-hybridized carbons (Fsp3) is 0.789. The van der Waals surface area contributed by atoms with Crippen molar-refractivity contribution in [1.29, 1.82) is 0 Å². The summed E-state index contributed by atoms with van der Waals surface area (Å²) in [4.78, 5) is 15.9. The van der Waals surface area contributed by atoms with Gasteiger partial charge in [-0.1, -0.05) is 13.8 Å². The maximum absolute atomic E-state index is 10.6. The van der Waals surface area contributed by atoms with E-state index < -0.39 is 12.1 Å². The van der Waals surface area contributed by atoms with Gasteiger partial charge in [0.1, 0.15) is 5.82 Å². The third-order valence-electron chi connectivity index (χ3n) is 5.43. The fourth-order valence-electron chi connectivity index (χ4n) is 3.70. The Labute approximate surface area is 163 Å². The minimum Gasteiger partial charge on any atom is -0.475 e. The first-order valence-electron chi connectivity index (χ1n) is 9.61. The van der Waals surface area contributed by atoms with Crippen LogP contribution < -0.4 is 0 Å². The van der Waals surface area contributed by atoms with Crippen LogP contribution in [-0.4, -0.2) is 57.5 Å². The van der Waals surface area contributed by atoms with E-state index in [0.717, 1.165) is 13.2 Å². The highest BCUT2D eigenvalue weighted by Gasteiger charge is 2.46. The van der Waals surface area contributed by atoms with Crippen molar-refractivity contribution in [2.45, 2.75) is 58.4 Å². The molecule has 2 fully saturated rings. The van der Waals surface area contributed by atoms with Crippen LogP contribution in [0.2, 0.25) is 0 Å². The van der Waals surface area contributed by atoms with E-state index in [9.17, 15) is 13.2 Å². The minimum atomic E-state index is -5.08. The summed E-state index contributed by atoms with van der Waals surface area (Å²) < 4.78 is 39.8. The average molecular weight is 405 g/mol. The van der Waals surface area contributed by atoms with Crippen LogP contribution in [0, 0.1) is 11.3 Å². The van der Waals surface area contributed by atoms with Gasteiger partial charge in [-0.05, 0) is 50.1 Å². The molecule has 0 radical (unpaired) electrons. The molecule has 2 aliphatic rings. The summed E-state index contributed by atoms with van der Waals surface area (Å²) in [6.07, 6.45) is 4.62. The van der Waals surface area contributed by atoms with Crippen LogP contribution in [0.4, 0.5) is 13.2 Å². The third kappa shape index (κ3) is 6.48. The molecule has 1 saturated carbocycles. The predicted octanol–water partition coefficient (Wildman–Crippen LogP) is 3.47. The molecule has 1 aliphatic carbocycles. The Balaban J connectivity index is 0.000000345. The van der Waals surface area contributed by atoms with Gasteiger partial charge < -0.3 is 14.4 Å². The molecule has 6 nitrogen and oxygen atoms in total. The molecule has 0 bridgehead atoms. The Kier molecular flexibility index (Phi) is 7.50. The first kappa shape index (κ1) is 22.7. The van der Waals surface area contributed by atoms with Gasteiger partial charge in [0, 0.05) is 26.0 Å². The number of piperidine rings is 1. The zero-order valence-electron chi connectivity index (χ0n) is 16.7. The molecule has 1 aromatic heterocycles. The van der Waals surface area contributed by atoms with Gasteiger partial charge in [0.2, 0.25) is 0 Å². The first-order valence-corrected chi connectivity index (χ1v) is 9.61. The van der Waals surface area contributed by atoms with Gasteiger partial charge in [-0.2, -0.15) is 13.2 Å². The summed E-state index contributed by atoms with van der Waals surface area (Å²) in [5, 5.41) is 7.12. The van der Waals surface area contributed by atoms with Crippen LogP contribution in [0.5, 0.6) is 0 Å². The Morgan fingerprint density at radius 2 is 1.93 bits per heavy atom. The number of imidazole rings is 1.